The SMILES string of the molecule is NCCS(=O)(=O)N1CCC[C@H]2CN3CCc4cc5c(cc4[C@@H]3C[C@H]21)OCO5. The second-order valence-electron chi connectivity index (χ2n) is 8.09. The Balaban J connectivity index is 1.47. The van der Waals surface area contributed by atoms with Crippen LogP contribution in [0.3, 0.4) is 0 Å². The Morgan fingerprint density at radius 3 is 2.81 bits per heavy atom. The quantitative estimate of drug-likeness (QED) is 0.827. The van der Waals surface area contributed by atoms with Crippen molar-refractivity contribution in [3.05, 3.63) is 23.3 Å². The predicted octanol–water partition coefficient (Wildman–Crippen LogP) is 1.09. The third kappa shape index (κ3) is 2.93. The molecule has 8 heteroatoms. The van der Waals surface area contributed by atoms with Crippen LogP contribution in [0.15, 0.2) is 12.1 Å². The maximum atomic E-state index is 12.8. The first-order valence-electron chi connectivity index (χ1n) is 9.93. The van der Waals surface area contributed by atoms with Gasteiger partial charge in [0.2, 0.25) is 16.8 Å². The number of piperidine rings is 2. The molecule has 0 aliphatic carbocycles. The minimum absolute atomic E-state index is 0.0415. The van der Waals surface area contributed by atoms with Gasteiger partial charge in [-0.3, -0.25) is 4.90 Å². The molecule has 0 radical (unpaired) electrons. The highest BCUT2D eigenvalue weighted by Gasteiger charge is 2.46. The molecule has 5 rings (SSSR count). The number of benzene rings is 1. The highest BCUT2D eigenvalue weighted by molar-refractivity contribution is 7.89. The van der Waals surface area contributed by atoms with Crippen molar-refractivity contribution in [2.75, 3.05) is 38.7 Å². The third-order valence-corrected chi connectivity index (χ3v) is 8.56. The standard InChI is InChI=1S/C19H27N3O4S/c20-4-7-27(23,24)22-5-1-2-14-11-21-6-3-13-8-18-19(26-12-25-18)9-15(13)17(21)10-16(14)22/h8-9,14,16-17H,1-7,10-12,20H2/t14-,16+,17-/m0/s1. The van der Waals surface area contributed by atoms with Crippen LogP contribution >= 0.6 is 0 Å². The average Bonchev–Trinajstić information content (AvgIpc) is 3.11. The van der Waals surface area contributed by atoms with Gasteiger partial charge in [-0.2, -0.15) is 4.31 Å². The van der Waals surface area contributed by atoms with Gasteiger partial charge in [-0.15, -0.1) is 0 Å². The summed E-state index contributed by atoms with van der Waals surface area (Å²) in [6.07, 6.45) is 3.91. The van der Waals surface area contributed by atoms with Crippen LogP contribution in [-0.4, -0.2) is 62.4 Å². The number of ether oxygens (including phenoxy) is 2. The van der Waals surface area contributed by atoms with Crippen LogP contribution in [0.1, 0.15) is 36.4 Å². The summed E-state index contributed by atoms with van der Waals surface area (Å²) in [6, 6.07) is 4.56. The van der Waals surface area contributed by atoms with Gasteiger partial charge in [0.1, 0.15) is 0 Å². The lowest BCUT2D eigenvalue weighted by Crippen LogP contribution is -2.58. The van der Waals surface area contributed by atoms with Crippen molar-refractivity contribution in [1.29, 1.82) is 0 Å². The number of nitrogens with zero attached hydrogens (tertiary/aromatic N) is 2. The molecule has 148 valence electrons. The van der Waals surface area contributed by atoms with Crippen LogP contribution in [0.5, 0.6) is 11.5 Å². The first kappa shape index (κ1) is 17.7. The summed E-state index contributed by atoms with van der Waals surface area (Å²) in [5.41, 5.74) is 8.17. The Morgan fingerprint density at radius 2 is 2.00 bits per heavy atom. The minimum atomic E-state index is -3.28. The lowest BCUT2D eigenvalue weighted by Gasteiger charge is -2.51. The molecule has 4 heterocycles. The molecule has 4 aliphatic heterocycles. The molecule has 2 N–H and O–H groups in total. The fourth-order valence-electron chi connectivity index (χ4n) is 5.40. The molecule has 2 saturated heterocycles. The molecule has 0 amide bonds. The third-order valence-electron chi connectivity index (χ3n) is 6.64. The molecule has 0 aromatic heterocycles. The maximum Gasteiger partial charge on any atom is 0.231 e. The van der Waals surface area contributed by atoms with Crippen molar-refractivity contribution >= 4 is 10.0 Å². The summed E-state index contributed by atoms with van der Waals surface area (Å²) in [4.78, 5) is 2.55. The van der Waals surface area contributed by atoms with Gasteiger partial charge in [-0.25, -0.2) is 8.42 Å². The van der Waals surface area contributed by atoms with Crippen molar-refractivity contribution in [3.8, 4) is 11.5 Å². The van der Waals surface area contributed by atoms with E-state index in [1.165, 1.54) is 11.1 Å². The van der Waals surface area contributed by atoms with Gasteiger partial charge in [-0.1, -0.05) is 0 Å². The van der Waals surface area contributed by atoms with Crippen molar-refractivity contribution in [2.24, 2.45) is 11.7 Å². The highest BCUT2D eigenvalue weighted by Crippen LogP contribution is 2.46. The zero-order valence-electron chi connectivity index (χ0n) is 15.5. The molecular formula is C19H27N3O4S. The summed E-state index contributed by atoms with van der Waals surface area (Å²) in [5, 5.41) is 0. The second kappa shape index (κ2) is 6.62. The van der Waals surface area contributed by atoms with Crippen LogP contribution in [0, 0.1) is 5.92 Å². The summed E-state index contributed by atoms with van der Waals surface area (Å²) in [7, 11) is -3.28. The Labute approximate surface area is 160 Å². The highest BCUT2D eigenvalue weighted by atomic mass is 32.2. The van der Waals surface area contributed by atoms with Gasteiger partial charge in [0.25, 0.3) is 0 Å². The van der Waals surface area contributed by atoms with E-state index in [4.69, 9.17) is 15.2 Å². The number of fused-ring (bicyclic) bond motifs is 5. The molecule has 1 aromatic carbocycles. The number of sulfonamides is 1. The predicted molar refractivity (Wildman–Crippen MR) is 101 cm³/mol. The monoisotopic (exact) mass is 393 g/mol. The van der Waals surface area contributed by atoms with Gasteiger partial charge >= 0.3 is 0 Å². The topological polar surface area (TPSA) is 85.1 Å². The van der Waals surface area contributed by atoms with Crippen molar-refractivity contribution in [3.63, 3.8) is 0 Å². The fourth-order valence-corrected chi connectivity index (χ4v) is 7.02. The van der Waals surface area contributed by atoms with E-state index >= 15 is 0 Å². The maximum absolute atomic E-state index is 12.8. The number of nitrogens with two attached hydrogens (primary N) is 1. The Hall–Kier alpha value is -1.35. The summed E-state index contributed by atoms with van der Waals surface area (Å²) in [5.74, 6) is 2.10. The summed E-state index contributed by atoms with van der Waals surface area (Å²) >= 11 is 0. The smallest absolute Gasteiger partial charge is 0.231 e. The van der Waals surface area contributed by atoms with E-state index in [9.17, 15) is 8.42 Å². The van der Waals surface area contributed by atoms with Crippen molar-refractivity contribution in [1.82, 2.24) is 9.21 Å². The van der Waals surface area contributed by atoms with Crippen LogP contribution in [0.2, 0.25) is 0 Å². The summed E-state index contributed by atoms with van der Waals surface area (Å²) < 4.78 is 38.5. The summed E-state index contributed by atoms with van der Waals surface area (Å²) in [6.45, 7) is 3.08. The number of rotatable bonds is 3. The molecule has 4 aliphatic rings. The van der Waals surface area contributed by atoms with Gasteiger partial charge < -0.3 is 15.2 Å². The lowest BCUT2D eigenvalue weighted by molar-refractivity contribution is 0.0220. The molecular weight excluding hydrogens is 366 g/mol. The minimum Gasteiger partial charge on any atom is -0.454 e. The van der Waals surface area contributed by atoms with E-state index in [1.54, 1.807) is 4.31 Å². The average molecular weight is 394 g/mol. The Bertz CT molecular complexity index is 844. The zero-order chi connectivity index (χ0) is 18.6. The van der Waals surface area contributed by atoms with E-state index in [0.29, 0.717) is 12.5 Å². The molecule has 27 heavy (non-hydrogen) atoms. The van der Waals surface area contributed by atoms with Gasteiger partial charge in [0, 0.05) is 38.3 Å². The van der Waals surface area contributed by atoms with E-state index in [1.807, 2.05) is 0 Å². The van der Waals surface area contributed by atoms with Crippen LogP contribution in [0.25, 0.3) is 0 Å². The Kier molecular flexibility index (Phi) is 4.34. The van der Waals surface area contributed by atoms with E-state index in [2.05, 4.69) is 17.0 Å². The Morgan fingerprint density at radius 1 is 1.19 bits per heavy atom. The molecule has 0 bridgehead atoms. The molecule has 3 atom stereocenters. The molecule has 0 saturated carbocycles. The second-order valence-corrected chi connectivity index (χ2v) is 10.1. The van der Waals surface area contributed by atoms with Gasteiger partial charge in [0.05, 0.1) is 5.75 Å². The first-order chi connectivity index (χ1) is 13.1. The number of hydrogen-bond acceptors (Lipinski definition) is 6. The van der Waals surface area contributed by atoms with Crippen molar-refractivity contribution in [2.45, 2.75) is 37.8 Å². The molecule has 0 unspecified atom stereocenters. The zero-order valence-corrected chi connectivity index (χ0v) is 16.3. The molecule has 7 nitrogen and oxygen atoms in total. The van der Waals surface area contributed by atoms with Crippen molar-refractivity contribution < 1.29 is 17.9 Å². The van der Waals surface area contributed by atoms with Gasteiger partial charge in [-0.05, 0) is 54.9 Å². The van der Waals surface area contributed by atoms with E-state index in [0.717, 1.165) is 50.3 Å². The lowest BCUT2D eigenvalue weighted by atomic mass is 9.77. The number of hydrogen-bond donors (Lipinski definition) is 1. The van der Waals surface area contributed by atoms with E-state index < -0.39 is 10.0 Å². The van der Waals surface area contributed by atoms with E-state index in [-0.39, 0.29) is 31.2 Å². The fraction of sp³-hybridized carbons (Fsp3) is 0.684. The van der Waals surface area contributed by atoms with Gasteiger partial charge in [0.15, 0.2) is 11.5 Å². The molecule has 1 aromatic rings. The molecule has 0 spiro atoms. The first-order valence-corrected chi connectivity index (χ1v) is 11.5. The van der Waals surface area contributed by atoms with Crippen LogP contribution in [-0.2, 0) is 16.4 Å². The van der Waals surface area contributed by atoms with Crippen LogP contribution < -0.4 is 15.2 Å². The molecule has 2 fully saturated rings. The largest absolute Gasteiger partial charge is 0.454 e. The normalized spacial score (nSPS) is 30.5. The van der Waals surface area contributed by atoms with Crippen LogP contribution in [0.4, 0.5) is 0 Å².